The Morgan fingerprint density at radius 2 is 2.11 bits per heavy atom. The van der Waals surface area contributed by atoms with Crippen LogP contribution in [0.1, 0.15) is 5.56 Å². The van der Waals surface area contributed by atoms with Crippen molar-refractivity contribution in [1.29, 1.82) is 0 Å². The Balaban J connectivity index is 2.52. The molecule has 0 heterocycles. The Bertz CT molecular complexity index is 417. The third kappa shape index (κ3) is 6.58. The van der Waals surface area contributed by atoms with Crippen molar-refractivity contribution in [3.8, 4) is 0 Å². The average molecular weight is 362 g/mol. The summed E-state index contributed by atoms with van der Waals surface area (Å²) in [6, 6.07) is 4.84. The average Bonchev–Trinajstić information content (AvgIpc) is 2.29. The van der Waals surface area contributed by atoms with E-state index in [1.54, 1.807) is 18.2 Å². The van der Waals surface area contributed by atoms with Crippen LogP contribution in [0.4, 0.5) is 13.2 Å². The van der Waals surface area contributed by atoms with Gasteiger partial charge in [-0.15, -0.1) is 0 Å². The normalized spacial score (nSPS) is 13.6. The predicted molar refractivity (Wildman–Crippen MR) is 70.8 cm³/mol. The van der Waals surface area contributed by atoms with Crippen molar-refractivity contribution in [2.45, 2.75) is 18.6 Å². The molecule has 0 aliphatic carbocycles. The summed E-state index contributed by atoms with van der Waals surface area (Å²) < 4.78 is 41.2. The van der Waals surface area contributed by atoms with Crippen LogP contribution in [0.3, 0.4) is 0 Å². The van der Waals surface area contributed by atoms with Crippen LogP contribution in [0.2, 0.25) is 5.02 Å². The fourth-order valence-electron chi connectivity index (χ4n) is 1.44. The van der Waals surface area contributed by atoms with Gasteiger partial charge >= 0.3 is 6.18 Å². The molecule has 0 saturated carbocycles. The first kappa shape index (κ1) is 16.7. The zero-order valence-electron chi connectivity index (χ0n) is 9.81. The number of ether oxygens (including phenoxy) is 1. The van der Waals surface area contributed by atoms with Gasteiger partial charge < -0.3 is 4.74 Å². The second-order valence-electron chi connectivity index (χ2n) is 3.93. The van der Waals surface area contributed by atoms with Gasteiger partial charge in [-0.3, -0.25) is 11.3 Å². The molecule has 3 N–H and O–H groups in total. The fraction of sp³-hybridized carbons (Fsp3) is 0.455. The van der Waals surface area contributed by atoms with Crippen molar-refractivity contribution < 1.29 is 17.9 Å². The minimum absolute atomic E-state index is 0.150. The number of nitrogens with two attached hydrogens (primary N) is 1. The van der Waals surface area contributed by atoms with E-state index in [0.717, 1.165) is 10.0 Å². The number of nitrogens with one attached hydrogen (secondary N) is 1. The molecule has 108 valence electrons. The predicted octanol–water partition coefficient (Wildman–Crippen LogP) is 3.06. The zero-order chi connectivity index (χ0) is 14.5. The molecule has 0 amide bonds. The van der Waals surface area contributed by atoms with Crippen molar-refractivity contribution in [3.05, 3.63) is 33.3 Å². The summed E-state index contributed by atoms with van der Waals surface area (Å²) in [5.74, 6) is 5.29. The second kappa shape index (κ2) is 7.44. The van der Waals surface area contributed by atoms with E-state index in [1.165, 1.54) is 0 Å². The third-order valence-electron chi connectivity index (χ3n) is 2.30. The molecule has 0 fully saturated rings. The van der Waals surface area contributed by atoms with Crippen LogP contribution in [-0.4, -0.2) is 25.4 Å². The third-order valence-corrected chi connectivity index (χ3v) is 3.15. The molecule has 8 heteroatoms. The standard InChI is InChI=1S/C11H13BrClF3N2O/c12-8-2-1-7(10(13)4-8)3-9(18-17)5-19-6-11(14,15)16/h1-2,4,9,18H,3,5-6,17H2. The van der Waals surface area contributed by atoms with Gasteiger partial charge in [-0.2, -0.15) is 13.2 Å². The molecule has 0 spiro atoms. The largest absolute Gasteiger partial charge is 0.411 e. The minimum atomic E-state index is -4.34. The molecule has 0 aliphatic rings. The summed E-state index contributed by atoms with van der Waals surface area (Å²) in [7, 11) is 0. The molecule has 3 nitrogen and oxygen atoms in total. The highest BCUT2D eigenvalue weighted by Gasteiger charge is 2.27. The van der Waals surface area contributed by atoms with Gasteiger partial charge in [0, 0.05) is 15.5 Å². The molecule has 0 aromatic heterocycles. The Morgan fingerprint density at radius 3 is 2.63 bits per heavy atom. The Hall–Kier alpha value is -0.340. The number of benzene rings is 1. The van der Waals surface area contributed by atoms with E-state index in [-0.39, 0.29) is 6.61 Å². The SMILES string of the molecule is NNC(COCC(F)(F)F)Cc1ccc(Br)cc1Cl. The monoisotopic (exact) mass is 360 g/mol. The van der Waals surface area contributed by atoms with Gasteiger partial charge in [-0.25, -0.2) is 0 Å². The fourth-order valence-corrected chi connectivity index (χ4v) is 2.19. The van der Waals surface area contributed by atoms with Gasteiger partial charge in [0.1, 0.15) is 6.61 Å². The maximum absolute atomic E-state index is 11.9. The Kier molecular flexibility index (Phi) is 6.55. The maximum atomic E-state index is 11.9. The van der Waals surface area contributed by atoms with E-state index in [2.05, 4.69) is 26.1 Å². The summed E-state index contributed by atoms with van der Waals surface area (Å²) >= 11 is 9.29. The molecule has 0 aliphatic heterocycles. The van der Waals surface area contributed by atoms with E-state index in [9.17, 15) is 13.2 Å². The van der Waals surface area contributed by atoms with Crippen molar-refractivity contribution in [2.75, 3.05) is 13.2 Å². The van der Waals surface area contributed by atoms with Crippen LogP contribution in [0.15, 0.2) is 22.7 Å². The van der Waals surface area contributed by atoms with Crippen molar-refractivity contribution >= 4 is 27.5 Å². The van der Waals surface area contributed by atoms with Gasteiger partial charge in [0.2, 0.25) is 0 Å². The van der Waals surface area contributed by atoms with Crippen molar-refractivity contribution in [2.24, 2.45) is 5.84 Å². The smallest absolute Gasteiger partial charge is 0.370 e. The van der Waals surface area contributed by atoms with Crippen molar-refractivity contribution in [1.82, 2.24) is 5.43 Å². The molecule has 1 rings (SSSR count). The van der Waals surface area contributed by atoms with Gasteiger partial charge in [0.05, 0.1) is 6.61 Å². The topological polar surface area (TPSA) is 47.3 Å². The van der Waals surface area contributed by atoms with Gasteiger partial charge in [-0.05, 0) is 24.1 Å². The first-order chi connectivity index (χ1) is 8.81. The minimum Gasteiger partial charge on any atom is -0.370 e. The van der Waals surface area contributed by atoms with Crippen LogP contribution in [0.25, 0.3) is 0 Å². The lowest BCUT2D eigenvalue weighted by molar-refractivity contribution is -0.175. The number of hydrazine groups is 1. The summed E-state index contributed by atoms with van der Waals surface area (Å²) in [6.07, 6.45) is -3.96. The number of hydrogen-bond donors (Lipinski definition) is 2. The number of alkyl halides is 3. The van der Waals surface area contributed by atoms with E-state index < -0.39 is 18.8 Å². The summed E-state index contributed by atoms with van der Waals surface area (Å²) in [5, 5.41) is 0.519. The lowest BCUT2D eigenvalue weighted by atomic mass is 10.1. The molecular weight excluding hydrogens is 348 g/mol. The Morgan fingerprint density at radius 1 is 1.42 bits per heavy atom. The lowest BCUT2D eigenvalue weighted by Gasteiger charge is -2.17. The number of hydrogen-bond acceptors (Lipinski definition) is 3. The maximum Gasteiger partial charge on any atom is 0.411 e. The number of halogens is 5. The molecule has 1 atom stereocenters. The highest BCUT2D eigenvalue weighted by molar-refractivity contribution is 9.10. The summed E-state index contributed by atoms with van der Waals surface area (Å²) in [6.45, 7) is -1.44. The molecule has 0 radical (unpaired) electrons. The van der Waals surface area contributed by atoms with Crippen molar-refractivity contribution in [3.63, 3.8) is 0 Å². The molecule has 1 aromatic carbocycles. The van der Waals surface area contributed by atoms with Crippen LogP contribution < -0.4 is 11.3 Å². The highest BCUT2D eigenvalue weighted by Crippen LogP contribution is 2.22. The van der Waals surface area contributed by atoms with Crippen LogP contribution >= 0.6 is 27.5 Å². The highest BCUT2D eigenvalue weighted by atomic mass is 79.9. The van der Waals surface area contributed by atoms with E-state index in [1.807, 2.05) is 0 Å². The summed E-state index contributed by atoms with van der Waals surface area (Å²) in [5.41, 5.74) is 3.20. The lowest BCUT2D eigenvalue weighted by Crippen LogP contribution is -2.41. The molecule has 0 bridgehead atoms. The van der Waals surface area contributed by atoms with Crippen LogP contribution in [-0.2, 0) is 11.2 Å². The van der Waals surface area contributed by atoms with E-state index in [0.29, 0.717) is 11.4 Å². The van der Waals surface area contributed by atoms with Gasteiger partial charge in [0.15, 0.2) is 0 Å². The van der Waals surface area contributed by atoms with Crippen LogP contribution in [0.5, 0.6) is 0 Å². The van der Waals surface area contributed by atoms with Crippen LogP contribution in [0, 0.1) is 0 Å². The second-order valence-corrected chi connectivity index (χ2v) is 5.26. The van der Waals surface area contributed by atoms with Gasteiger partial charge in [-0.1, -0.05) is 33.6 Å². The van der Waals surface area contributed by atoms with Gasteiger partial charge in [0.25, 0.3) is 0 Å². The zero-order valence-corrected chi connectivity index (χ0v) is 12.1. The molecule has 0 saturated heterocycles. The Labute approximate surface area is 122 Å². The molecule has 1 unspecified atom stereocenters. The van der Waals surface area contributed by atoms with E-state index in [4.69, 9.17) is 17.4 Å². The molecule has 19 heavy (non-hydrogen) atoms. The first-order valence-corrected chi connectivity index (χ1v) is 6.53. The quantitative estimate of drug-likeness (QED) is 0.605. The molecule has 1 aromatic rings. The number of rotatable bonds is 6. The molecular formula is C11H13BrClF3N2O. The van der Waals surface area contributed by atoms with E-state index >= 15 is 0 Å². The first-order valence-electron chi connectivity index (χ1n) is 5.36. The summed E-state index contributed by atoms with van der Waals surface area (Å²) in [4.78, 5) is 0.